The van der Waals surface area contributed by atoms with Crippen molar-refractivity contribution in [2.75, 3.05) is 40.4 Å². The summed E-state index contributed by atoms with van der Waals surface area (Å²) in [5.41, 5.74) is 1.83. The molecule has 1 saturated heterocycles. The molecule has 3 unspecified atom stereocenters. The van der Waals surface area contributed by atoms with Crippen LogP contribution >= 0.6 is 0 Å². The van der Waals surface area contributed by atoms with Crippen LogP contribution in [-0.2, 0) is 19.0 Å². The van der Waals surface area contributed by atoms with Gasteiger partial charge in [-0.2, -0.15) is 0 Å². The van der Waals surface area contributed by atoms with E-state index in [9.17, 15) is 9.59 Å². The normalized spacial score (nSPS) is 37.7. The number of carbonyl (C=O) groups excluding carboxylic acids is 2. The molecule has 178 valence electrons. The molecule has 1 N–H and O–H groups in total. The van der Waals surface area contributed by atoms with Crippen molar-refractivity contribution in [2.45, 2.75) is 58.1 Å². The Balaban J connectivity index is 1.58. The van der Waals surface area contributed by atoms with Crippen LogP contribution in [-0.4, -0.2) is 69.6 Å². The standard InChI is InChI=1S/C25H38N2O5/c1-16-6-7-20-24(2,10-8-21-25(20,3)15-31-23(29)32-21)18(16)14-19(26-11-12-27(4)5)17-9-13-30-22(17)28/h9,18-21,26H,1,6-8,10-15H2,2-5H3/t18?,19?,20?,21-,24+,25+/m1/s1. The van der Waals surface area contributed by atoms with E-state index in [0.717, 1.165) is 50.8 Å². The molecule has 0 bridgehead atoms. The third kappa shape index (κ3) is 4.10. The number of ether oxygens (including phenoxy) is 3. The van der Waals surface area contributed by atoms with Crippen LogP contribution in [0.15, 0.2) is 23.8 Å². The van der Waals surface area contributed by atoms with Crippen molar-refractivity contribution >= 4 is 12.1 Å². The van der Waals surface area contributed by atoms with E-state index < -0.39 is 6.16 Å². The zero-order valence-corrected chi connectivity index (χ0v) is 19.9. The second-order valence-corrected chi connectivity index (χ2v) is 10.8. The minimum atomic E-state index is -0.537. The first-order valence-corrected chi connectivity index (χ1v) is 11.9. The van der Waals surface area contributed by atoms with Crippen molar-refractivity contribution in [3.8, 4) is 0 Å². The topological polar surface area (TPSA) is 77.1 Å². The number of hydrogen-bond donors (Lipinski definition) is 1. The average Bonchev–Trinajstić information content (AvgIpc) is 3.15. The van der Waals surface area contributed by atoms with Crippen LogP contribution in [0.1, 0.15) is 46.0 Å². The number of allylic oxidation sites excluding steroid dienone is 1. The highest BCUT2D eigenvalue weighted by Crippen LogP contribution is 2.63. The zero-order chi connectivity index (χ0) is 23.1. The van der Waals surface area contributed by atoms with E-state index in [1.165, 1.54) is 5.57 Å². The summed E-state index contributed by atoms with van der Waals surface area (Å²) in [6.45, 7) is 11.6. The Hall–Kier alpha value is -1.86. The molecule has 0 aromatic rings. The number of nitrogens with one attached hydrogen (secondary N) is 1. The largest absolute Gasteiger partial charge is 0.508 e. The lowest BCUT2D eigenvalue weighted by atomic mass is 9.45. The maximum atomic E-state index is 12.4. The van der Waals surface area contributed by atoms with Crippen molar-refractivity contribution in [3.05, 3.63) is 23.8 Å². The molecule has 6 atom stereocenters. The average molecular weight is 447 g/mol. The third-order valence-electron chi connectivity index (χ3n) is 8.61. The fourth-order valence-corrected chi connectivity index (χ4v) is 6.83. The molecule has 0 radical (unpaired) electrons. The number of fused-ring (bicyclic) bond motifs is 3. The number of rotatable bonds is 7. The number of cyclic esters (lactones) is 2. The van der Waals surface area contributed by atoms with Gasteiger partial charge in [0.1, 0.15) is 19.3 Å². The van der Waals surface area contributed by atoms with Crippen LogP contribution < -0.4 is 5.32 Å². The van der Waals surface area contributed by atoms with Gasteiger partial charge in [0.05, 0.1) is 5.57 Å². The van der Waals surface area contributed by atoms with Gasteiger partial charge in [0, 0.05) is 24.5 Å². The lowest BCUT2D eigenvalue weighted by molar-refractivity contribution is -0.193. The summed E-state index contributed by atoms with van der Waals surface area (Å²) in [6, 6.07) is -0.0618. The molecule has 2 saturated carbocycles. The molecule has 7 nitrogen and oxygen atoms in total. The van der Waals surface area contributed by atoms with E-state index in [1.54, 1.807) is 0 Å². The minimum absolute atomic E-state index is 0.0121. The van der Waals surface area contributed by atoms with Crippen LogP contribution in [0.3, 0.4) is 0 Å². The van der Waals surface area contributed by atoms with E-state index in [0.29, 0.717) is 19.1 Å². The first kappa shape index (κ1) is 23.3. The maximum Gasteiger partial charge on any atom is 0.508 e. The zero-order valence-electron chi connectivity index (χ0n) is 19.9. The van der Waals surface area contributed by atoms with Crippen LogP contribution in [0.5, 0.6) is 0 Å². The van der Waals surface area contributed by atoms with E-state index in [1.807, 2.05) is 20.2 Å². The van der Waals surface area contributed by atoms with Crippen LogP contribution in [0.25, 0.3) is 0 Å². The minimum Gasteiger partial charge on any atom is -0.458 e. The van der Waals surface area contributed by atoms with Crippen LogP contribution in [0, 0.1) is 22.7 Å². The Bertz CT molecular complexity index is 808. The van der Waals surface area contributed by atoms with Crippen molar-refractivity contribution in [1.29, 1.82) is 0 Å². The van der Waals surface area contributed by atoms with Gasteiger partial charge < -0.3 is 24.4 Å². The molecule has 4 rings (SSSR count). The number of likely N-dealkylation sites (N-methyl/N-ethyl adjacent to an activating group) is 1. The predicted molar refractivity (Wildman–Crippen MR) is 121 cm³/mol. The summed E-state index contributed by atoms with van der Waals surface area (Å²) < 4.78 is 16.3. The summed E-state index contributed by atoms with van der Waals surface area (Å²) in [5, 5.41) is 3.63. The highest BCUT2D eigenvalue weighted by atomic mass is 16.7. The summed E-state index contributed by atoms with van der Waals surface area (Å²) >= 11 is 0. The number of nitrogens with zero attached hydrogens (tertiary/aromatic N) is 1. The molecule has 2 aliphatic heterocycles. The molecule has 4 aliphatic rings. The quantitative estimate of drug-likeness (QED) is 0.475. The second kappa shape index (κ2) is 8.82. The van der Waals surface area contributed by atoms with Gasteiger partial charge in [-0.15, -0.1) is 0 Å². The molecule has 0 aromatic heterocycles. The first-order chi connectivity index (χ1) is 15.1. The van der Waals surface area contributed by atoms with Gasteiger partial charge in [-0.1, -0.05) is 26.0 Å². The molecule has 2 heterocycles. The van der Waals surface area contributed by atoms with Gasteiger partial charge in [-0.05, 0) is 69.5 Å². The summed E-state index contributed by atoms with van der Waals surface area (Å²) in [7, 11) is 4.10. The molecular weight excluding hydrogens is 408 g/mol. The lowest BCUT2D eigenvalue weighted by Crippen LogP contribution is -2.61. The molecule has 0 amide bonds. The smallest absolute Gasteiger partial charge is 0.458 e. The summed E-state index contributed by atoms with van der Waals surface area (Å²) in [6.07, 6.45) is 5.92. The summed E-state index contributed by atoms with van der Waals surface area (Å²) in [5.74, 6) is 0.422. The van der Waals surface area contributed by atoms with E-state index in [4.69, 9.17) is 14.2 Å². The number of esters is 1. The van der Waals surface area contributed by atoms with Crippen molar-refractivity contribution in [3.63, 3.8) is 0 Å². The Morgan fingerprint density at radius 3 is 2.69 bits per heavy atom. The fourth-order valence-electron chi connectivity index (χ4n) is 6.83. The van der Waals surface area contributed by atoms with E-state index >= 15 is 0 Å². The first-order valence-electron chi connectivity index (χ1n) is 11.9. The Kier molecular flexibility index (Phi) is 6.43. The predicted octanol–water partition coefficient (Wildman–Crippen LogP) is 3.30. The highest BCUT2D eigenvalue weighted by Gasteiger charge is 2.61. The monoisotopic (exact) mass is 446 g/mol. The Labute approximate surface area is 191 Å². The Morgan fingerprint density at radius 1 is 1.22 bits per heavy atom. The number of carbonyl (C=O) groups is 2. The van der Waals surface area contributed by atoms with Crippen LogP contribution in [0.2, 0.25) is 0 Å². The highest BCUT2D eigenvalue weighted by molar-refractivity contribution is 5.91. The van der Waals surface area contributed by atoms with Gasteiger partial charge in [0.15, 0.2) is 0 Å². The van der Waals surface area contributed by atoms with Crippen molar-refractivity contribution < 1.29 is 23.8 Å². The molecular formula is C25H38N2O5. The van der Waals surface area contributed by atoms with Gasteiger partial charge in [0.25, 0.3) is 0 Å². The Morgan fingerprint density at radius 2 is 2.00 bits per heavy atom. The molecule has 0 spiro atoms. The molecule has 3 fully saturated rings. The SMILES string of the molecule is C=C1CCC2[C@@](C)(CC[C@H]3OC(=O)OC[C@@]23C)C1CC(NCCN(C)C)C1=CCOC1=O. The van der Waals surface area contributed by atoms with Crippen LogP contribution in [0.4, 0.5) is 4.79 Å². The molecule has 7 heteroatoms. The van der Waals surface area contributed by atoms with Crippen molar-refractivity contribution in [2.24, 2.45) is 22.7 Å². The number of hydrogen-bond acceptors (Lipinski definition) is 7. The van der Waals surface area contributed by atoms with E-state index in [-0.39, 0.29) is 34.9 Å². The second-order valence-electron chi connectivity index (χ2n) is 10.8. The van der Waals surface area contributed by atoms with Gasteiger partial charge in [-0.3, -0.25) is 0 Å². The fraction of sp³-hybridized carbons (Fsp3) is 0.760. The van der Waals surface area contributed by atoms with E-state index in [2.05, 4.69) is 30.6 Å². The molecule has 32 heavy (non-hydrogen) atoms. The maximum absolute atomic E-state index is 12.4. The summed E-state index contributed by atoms with van der Waals surface area (Å²) in [4.78, 5) is 26.3. The van der Waals surface area contributed by atoms with Gasteiger partial charge in [-0.25, -0.2) is 9.59 Å². The third-order valence-corrected chi connectivity index (χ3v) is 8.61. The van der Waals surface area contributed by atoms with Gasteiger partial charge >= 0.3 is 12.1 Å². The van der Waals surface area contributed by atoms with Gasteiger partial charge in [0.2, 0.25) is 0 Å². The lowest BCUT2D eigenvalue weighted by Gasteiger charge is -2.61. The molecule has 0 aromatic carbocycles. The molecule has 2 aliphatic carbocycles. The van der Waals surface area contributed by atoms with Crippen molar-refractivity contribution in [1.82, 2.24) is 10.2 Å².